The lowest BCUT2D eigenvalue weighted by Crippen LogP contribution is -2.12. The molecule has 3 N–H and O–H groups in total. The molecule has 88 valence electrons. The van der Waals surface area contributed by atoms with Gasteiger partial charge >= 0.3 is 0 Å². The first-order valence-electron chi connectivity index (χ1n) is 5.22. The van der Waals surface area contributed by atoms with Crippen LogP contribution in [-0.4, -0.2) is 10.9 Å². The molecule has 1 amide bonds. The summed E-state index contributed by atoms with van der Waals surface area (Å²) >= 11 is 0. The van der Waals surface area contributed by atoms with Crippen molar-refractivity contribution in [3.63, 3.8) is 0 Å². The number of carbonyl (C=O) groups excluding carboxylic acids is 1. The molecule has 5 nitrogen and oxygen atoms in total. The van der Waals surface area contributed by atoms with Crippen molar-refractivity contribution in [2.24, 2.45) is 5.73 Å². The highest BCUT2D eigenvalue weighted by Crippen LogP contribution is 2.17. The van der Waals surface area contributed by atoms with Crippen molar-refractivity contribution in [3.8, 4) is 0 Å². The first-order valence-corrected chi connectivity index (χ1v) is 5.22. The molecule has 0 radical (unpaired) electrons. The number of primary amides is 1. The quantitative estimate of drug-likeness (QED) is 0.842. The number of nitrogens with one attached hydrogen (secondary N) is 1. The number of nitrogens with two attached hydrogens (primary N) is 1. The topological polar surface area (TPSA) is 81.1 Å². The second-order valence-electron chi connectivity index (χ2n) is 3.68. The number of carbonyl (C=O) groups is 1. The van der Waals surface area contributed by atoms with Crippen LogP contribution in [0.2, 0.25) is 0 Å². The Morgan fingerprint density at radius 2 is 2.29 bits per heavy atom. The van der Waals surface area contributed by atoms with E-state index in [9.17, 15) is 4.79 Å². The van der Waals surface area contributed by atoms with E-state index in [1.807, 2.05) is 19.1 Å². The lowest BCUT2D eigenvalue weighted by Gasteiger charge is -2.11. The van der Waals surface area contributed by atoms with E-state index in [2.05, 4.69) is 10.3 Å². The molecule has 17 heavy (non-hydrogen) atoms. The molecule has 0 saturated heterocycles. The Kier molecular flexibility index (Phi) is 3.09. The highest BCUT2D eigenvalue weighted by atomic mass is 16.3. The van der Waals surface area contributed by atoms with Crippen molar-refractivity contribution in [1.29, 1.82) is 0 Å². The third-order valence-electron chi connectivity index (χ3n) is 2.38. The van der Waals surface area contributed by atoms with Crippen LogP contribution in [0.3, 0.4) is 0 Å². The van der Waals surface area contributed by atoms with Gasteiger partial charge in [-0.15, -0.1) is 0 Å². The first-order chi connectivity index (χ1) is 8.16. The lowest BCUT2D eigenvalue weighted by atomic mass is 10.2. The zero-order valence-corrected chi connectivity index (χ0v) is 9.38. The van der Waals surface area contributed by atoms with Gasteiger partial charge in [0, 0.05) is 6.20 Å². The maximum Gasteiger partial charge on any atom is 0.250 e. The Bertz CT molecular complexity index is 491. The minimum atomic E-state index is -0.483. The summed E-state index contributed by atoms with van der Waals surface area (Å²) in [6.45, 7) is 1.96. The van der Waals surface area contributed by atoms with Gasteiger partial charge in [-0.25, -0.2) is 4.98 Å². The second kappa shape index (κ2) is 4.69. The molecule has 2 heterocycles. The largest absolute Gasteiger partial charge is 0.467 e. The third kappa shape index (κ3) is 2.63. The molecular formula is C12H13N3O2. The predicted octanol–water partition coefficient (Wildman–Crippen LogP) is 1.95. The molecule has 2 aromatic heterocycles. The van der Waals surface area contributed by atoms with Crippen LogP contribution in [0.25, 0.3) is 0 Å². The number of anilines is 1. The highest BCUT2D eigenvalue weighted by Gasteiger charge is 2.08. The van der Waals surface area contributed by atoms with Crippen LogP contribution in [0.5, 0.6) is 0 Å². The molecule has 0 fully saturated rings. The van der Waals surface area contributed by atoms with Crippen molar-refractivity contribution >= 4 is 11.7 Å². The number of hydrogen-bond acceptors (Lipinski definition) is 4. The zero-order valence-electron chi connectivity index (χ0n) is 9.38. The molecule has 2 rings (SSSR count). The number of aromatic nitrogens is 1. The van der Waals surface area contributed by atoms with Crippen LogP contribution in [0, 0.1) is 0 Å². The van der Waals surface area contributed by atoms with Crippen LogP contribution < -0.4 is 11.1 Å². The Morgan fingerprint density at radius 3 is 2.82 bits per heavy atom. The summed E-state index contributed by atoms with van der Waals surface area (Å²) in [6.07, 6.45) is 3.07. The van der Waals surface area contributed by atoms with E-state index in [1.54, 1.807) is 18.4 Å². The number of rotatable bonds is 4. The summed E-state index contributed by atoms with van der Waals surface area (Å²) in [5.41, 5.74) is 5.52. The van der Waals surface area contributed by atoms with Gasteiger partial charge in [-0.05, 0) is 31.2 Å². The van der Waals surface area contributed by atoms with Gasteiger partial charge in [0.2, 0.25) is 5.91 Å². The minimum Gasteiger partial charge on any atom is -0.467 e. The van der Waals surface area contributed by atoms with E-state index in [4.69, 9.17) is 10.2 Å². The molecule has 0 aliphatic heterocycles. The summed E-state index contributed by atoms with van der Waals surface area (Å²) in [5, 5.41) is 3.15. The molecule has 0 aromatic carbocycles. The number of nitrogens with zero attached hydrogens (tertiary/aromatic N) is 1. The maximum absolute atomic E-state index is 10.9. The predicted molar refractivity (Wildman–Crippen MR) is 63.5 cm³/mol. The van der Waals surface area contributed by atoms with E-state index >= 15 is 0 Å². The fraction of sp³-hybridized carbons (Fsp3) is 0.167. The van der Waals surface area contributed by atoms with Gasteiger partial charge in [-0.2, -0.15) is 0 Å². The maximum atomic E-state index is 10.9. The van der Waals surface area contributed by atoms with Crippen molar-refractivity contribution in [3.05, 3.63) is 48.0 Å². The molecule has 0 aliphatic rings. The second-order valence-corrected chi connectivity index (χ2v) is 3.68. The van der Waals surface area contributed by atoms with Crippen LogP contribution >= 0.6 is 0 Å². The fourth-order valence-electron chi connectivity index (χ4n) is 1.46. The molecule has 0 bridgehead atoms. The van der Waals surface area contributed by atoms with Crippen molar-refractivity contribution in [2.75, 3.05) is 5.32 Å². The van der Waals surface area contributed by atoms with Crippen molar-refractivity contribution in [2.45, 2.75) is 13.0 Å². The zero-order chi connectivity index (χ0) is 12.3. The average molecular weight is 231 g/mol. The summed E-state index contributed by atoms with van der Waals surface area (Å²) < 4.78 is 5.27. The molecular weight excluding hydrogens is 218 g/mol. The van der Waals surface area contributed by atoms with E-state index in [0.29, 0.717) is 11.4 Å². The summed E-state index contributed by atoms with van der Waals surface area (Å²) in [7, 11) is 0. The Hall–Kier alpha value is -2.30. The standard InChI is InChI=1S/C12H13N3O2/c1-8(10-3-2-6-17-10)15-11-5-4-9(7-14-11)12(13)16/h2-8H,1H3,(H2,13,16)(H,14,15). The molecule has 1 unspecified atom stereocenters. The Morgan fingerprint density at radius 1 is 1.47 bits per heavy atom. The average Bonchev–Trinajstić information content (AvgIpc) is 2.83. The summed E-state index contributed by atoms with van der Waals surface area (Å²) in [4.78, 5) is 15.0. The van der Waals surface area contributed by atoms with E-state index in [1.165, 1.54) is 6.20 Å². The summed E-state index contributed by atoms with van der Waals surface area (Å²) in [5.74, 6) is 1.01. The van der Waals surface area contributed by atoms with Crippen LogP contribution in [0.4, 0.5) is 5.82 Å². The van der Waals surface area contributed by atoms with E-state index in [0.717, 1.165) is 5.76 Å². The number of amides is 1. The van der Waals surface area contributed by atoms with Gasteiger partial charge < -0.3 is 15.5 Å². The Labute approximate surface area is 98.6 Å². The number of pyridine rings is 1. The molecule has 2 aromatic rings. The lowest BCUT2D eigenvalue weighted by molar-refractivity contribution is 0.1000. The molecule has 0 spiro atoms. The van der Waals surface area contributed by atoms with Crippen molar-refractivity contribution < 1.29 is 9.21 Å². The van der Waals surface area contributed by atoms with E-state index in [-0.39, 0.29) is 6.04 Å². The SMILES string of the molecule is CC(Nc1ccc(C(N)=O)cn1)c1ccco1. The fourth-order valence-corrected chi connectivity index (χ4v) is 1.46. The van der Waals surface area contributed by atoms with Gasteiger partial charge in [0.05, 0.1) is 17.9 Å². The van der Waals surface area contributed by atoms with Crippen LogP contribution in [-0.2, 0) is 0 Å². The third-order valence-corrected chi connectivity index (χ3v) is 2.38. The minimum absolute atomic E-state index is 0.0110. The van der Waals surface area contributed by atoms with Gasteiger partial charge in [0.25, 0.3) is 0 Å². The van der Waals surface area contributed by atoms with Crippen LogP contribution in [0.1, 0.15) is 29.1 Å². The Balaban J connectivity index is 2.06. The smallest absolute Gasteiger partial charge is 0.250 e. The highest BCUT2D eigenvalue weighted by molar-refractivity contribution is 5.92. The van der Waals surface area contributed by atoms with Gasteiger partial charge in [0.1, 0.15) is 11.6 Å². The van der Waals surface area contributed by atoms with E-state index < -0.39 is 5.91 Å². The van der Waals surface area contributed by atoms with Gasteiger partial charge in [-0.1, -0.05) is 0 Å². The monoisotopic (exact) mass is 231 g/mol. The molecule has 0 saturated carbocycles. The van der Waals surface area contributed by atoms with Crippen molar-refractivity contribution in [1.82, 2.24) is 4.98 Å². The normalized spacial score (nSPS) is 12.1. The molecule has 5 heteroatoms. The molecule has 1 atom stereocenters. The summed E-state index contributed by atoms with van der Waals surface area (Å²) in [6, 6.07) is 7.07. The van der Waals surface area contributed by atoms with Crippen LogP contribution in [0.15, 0.2) is 41.1 Å². The van der Waals surface area contributed by atoms with Gasteiger partial charge in [0.15, 0.2) is 0 Å². The van der Waals surface area contributed by atoms with Gasteiger partial charge in [-0.3, -0.25) is 4.79 Å². The first kappa shape index (κ1) is 11.2. The molecule has 0 aliphatic carbocycles. The number of furan rings is 1. The number of hydrogen-bond donors (Lipinski definition) is 2.